The lowest BCUT2D eigenvalue weighted by atomic mass is 10.1. The maximum Gasteiger partial charge on any atom is 0.257 e. The molecule has 1 aromatic heterocycles. The van der Waals surface area contributed by atoms with E-state index in [4.69, 9.17) is 0 Å². The Morgan fingerprint density at radius 1 is 1.37 bits per heavy atom. The van der Waals surface area contributed by atoms with Crippen LogP contribution in [0.1, 0.15) is 40.7 Å². The lowest BCUT2D eigenvalue weighted by Gasteiger charge is -2.01. The molecule has 0 fully saturated rings. The topological polar surface area (TPSA) is 54.9 Å². The molecule has 0 radical (unpaired) electrons. The Hall–Kier alpha value is -1.75. The van der Waals surface area contributed by atoms with E-state index in [1.54, 1.807) is 6.07 Å². The van der Waals surface area contributed by atoms with Gasteiger partial charge in [-0.25, -0.2) is 0 Å². The van der Waals surface area contributed by atoms with Gasteiger partial charge >= 0.3 is 0 Å². The molecular formula is C14H17N3OS. The molecule has 100 valence electrons. The second kappa shape index (κ2) is 6.43. The van der Waals surface area contributed by atoms with Gasteiger partial charge in [0.15, 0.2) is 0 Å². The molecule has 1 heterocycles. The van der Waals surface area contributed by atoms with Gasteiger partial charge in [-0.3, -0.25) is 10.1 Å². The average molecular weight is 275 g/mol. The molecule has 0 spiro atoms. The molecular weight excluding hydrogens is 258 g/mol. The highest BCUT2D eigenvalue weighted by atomic mass is 32.1. The summed E-state index contributed by atoms with van der Waals surface area (Å²) in [6.45, 7) is 4.10. The third-order valence-corrected chi connectivity index (χ3v) is 3.61. The van der Waals surface area contributed by atoms with Gasteiger partial charge in [0.2, 0.25) is 5.13 Å². The van der Waals surface area contributed by atoms with Crippen molar-refractivity contribution < 1.29 is 4.79 Å². The number of hydrogen-bond donors (Lipinski definition) is 1. The van der Waals surface area contributed by atoms with Gasteiger partial charge in [-0.1, -0.05) is 42.4 Å². The highest BCUT2D eigenvalue weighted by Crippen LogP contribution is 2.18. The lowest BCUT2D eigenvalue weighted by Crippen LogP contribution is -2.11. The third-order valence-electron chi connectivity index (χ3n) is 2.71. The minimum atomic E-state index is -0.137. The second-order valence-electron chi connectivity index (χ2n) is 4.43. The van der Waals surface area contributed by atoms with Crippen LogP contribution < -0.4 is 5.32 Å². The molecule has 0 atom stereocenters. The van der Waals surface area contributed by atoms with Crippen molar-refractivity contribution in [1.29, 1.82) is 0 Å². The van der Waals surface area contributed by atoms with E-state index in [0.717, 1.165) is 29.8 Å². The largest absolute Gasteiger partial charge is 0.296 e. The van der Waals surface area contributed by atoms with Gasteiger partial charge < -0.3 is 0 Å². The van der Waals surface area contributed by atoms with Gasteiger partial charge in [-0.2, -0.15) is 0 Å². The van der Waals surface area contributed by atoms with Crippen LogP contribution in [0.15, 0.2) is 24.3 Å². The summed E-state index contributed by atoms with van der Waals surface area (Å²) in [6.07, 6.45) is 3.15. The van der Waals surface area contributed by atoms with E-state index in [1.165, 1.54) is 11.3 Å². The Balaban J connectivity index is 2.00. The van der Waals surface area contributed by atoms with Crippen molar-refractivity contribution in [3.8, 4) is 0 Å². The van der Waals surface area contributed by atoms with E-state index in [2.05, 4.69) is 22.4 Å². The van der Waals surface area contributed by atoms with Crippen molar-refractivity contribution in [3.63, 3.8) is 0 Å². The molecule has 0 saturated carbocycles. The van der Waals surface area contributed by atoms with E-state index in [1.807, 2.05) is 25.1 Å². The molecule has 5 heteroatoms. The summed E-state index contributed by atoms with van der Waals surface area (Å²) in [4.78, 5) is 12.0. The molecule has 1 N–H and O–H groups in total. The summed E-state index contributed by atoms with van der Waals surface area (Å²) in [5, 5.41) is 12.4. The third kappa shape index (κ3) is 3.86. The van der Waals surface area contributed by atoms with E-state index in [-0.39, 0.29) is 5.91 Å². The molecule has 1 amide bonds. The number of unbranched alkanes of at least 4 members (excludes halogenated alkanes) is 1. The molecule has 2 rings (SSSR count). The second-order valence-corrected chi connectivity index (χ2v) is 5.49. The lowest BCUT2D eigenvalue weighted by molar-refractivity contribution is 0.102. The molecule has 0 unspecified atom stereocenters. The molecule has 19 heavy (non-hydrogen) atoms. The number of nitrogens with zero attached hydrogens (tertiary/aromatic N) is 2. The number of carbonyl (C=O) groups is 1. The highest BCUT2D eigenvalue weighted by molar-refractivity contribution is 7.15. The van der Waals surface area contributed by atoms with Crippen LogP contribution in [0.4, 0.5) is 5.13 Å². The smallest absolute Gasteiger partial charge is 0.257 e. The number of nitrogens with one attached hydrogen (secondary N) is 1. The summed E-state index contributed by atoms with van der Waals surface area (Å²) in [7, 11) is 0. The standard InChI is InChI=1S/C14H17N3OS/c1-3-4-8-12-16-17-14(19-12)15-13(18)11-7-5-6-10(2)9-11/h5-7,9H,3-4,8H2,1-2H3,(H,15,17,18). The first-order chi connectivity index (χ1) is 9.19. The first kappa shape index (κ1) is 13.7. The predicted molar refractivity (Wildman–Crippen MR) is 77.7 cm³/mol. The van der Waals surface area contributed by atoms with Gasteiger partial charge in [0.25, 0.3) is 5.91 Å². The van der Waals surface area contributed by atoms with Crippen LogP contribution >= 0.6 is 11.3 Å². The van der Waals surface area contributed by atoms with E-state index >= 15 is 0 Å². The highest BCUT2D eigenvalue weighted by Gasteiger charge is 2.09. The van der Waals surface area contributed by atoms with Gasteiger partial charge in [-0.05, 0) is 25.5 Å². The summed E-state index contributed by atoms with van der Waals surface area (Å²) in [6, 6.07) is 7.48. The van der Waals surface area contributed by atoms with Crippen molar-refractivity contribution in [3.05, 3.63) is 40.4 Å². The first-order valence-corrected chi connectivity index (χ1v) is 7.21. The Bertz CT molecular complexity index is 565. The quantitative estimate of drug-likeness (QED) is 0.909. The van der Waals surface area contributed by atoms with Crippen molar-refractivity contribution >= 4 is 22.4 Å². The van der Waals surface area contributed by atoms with Crippen LogP contribution in [0, 0.1) is 6.92 Å². The van der Waals surface area contributed by atoms with Crippen LogP contribution in [0.3, 0.4) is 0 Å². The van der Waals surface area contributed by atoms with E-state index in [0.29, 0.717) is 10.7 Å². The van der Waals surface area contributed by atoms with Crippen molar-refractivity contribution in [2.24, 2.45) is 0 Å². The maximum absolute atomic E-state index is 12.0. The monoisotopic (exact) mass is 275 g/mol. The minimum Gasteiger partial charge on any atom is -0.296 e. The molecule has 4 nitrogen and oxygen atoms in total. The van der Waals surface area contributed by atoms with Gasteiger partial charge in [0.1, 0.15) is 5.01 Å². The Labute approximate surface area is 116 Å². The molecule has 0 bridgehead atoms. The van der Waals surface area contributed by atoms with Crippen LogP contribution in [-0.2, 0) is 6.42 Å². The summed E-state index contributed by atoms with van der Waals surface area (Å²) < 4.78 is 0. The Kier molecular flexibility index (Phi) is 4.63. The van der Waals surface area contributed by atoms with Crippen LogP contribution in [0.25, 0.3) is 0 Å². The fraction of sp³-hybridized carbons (Fsp3) is 0.357. The normalized spacial score (nSPS) is 10.4. The Morgan fingerprint density at radius 2 is 2.21 bits per heavy atom. The number of aromatic nitrogens is 2. The number of aryl methyl sites for hydroxylation is 2. The minimum absolute atomic E-state index is 0.137. The zero-order valence-corrected chi connectivity index (χ0v) is 12.0. The fourth-order valence-corrected chi connectivity index (χ4v) is 2.47. The van der Waals surface area contributed by atoms with E-state index < -0.39 is 0 Å². The molecule has 0 aliphatic rings. The summed E-state index contributed by atoms with van der Waals surface area (Å²) in [5.74, 6) is -0.137. The predicted octanol–water partition coefficient (Wildman–Crippen LogP) is 3.44. The average Bonchev–Trinajstić information content (AvgIpc) is 2.84. The molecule has 0 saturated heterocycles. The zero-order valence-electron chi connectivity index (χ0n) is 11.1. The Morgan fingerprint density at radius 3 is 2.95 bits per heavy atom. The number of amides is 1. The SMILES string of the molecule is CCCCc1nnc(NC(=O)c2cccc(C)c2)s1. The van der Waals surface area contributed by atoms with Crippen molar-refractivity contribution in [2.75, 3.05) is 5.32 Å². The first-order valence-electron chi connectivity index (χ1n) is 6.39. The number of benzene rings is 1. The summed E-state index contributed by atoms with van der Waals surface area (Å²) >= 11 is 1.45. The van der Waals surface area contributed by atoms with Gasteiger partial charge in [0, 0.05) is 12.0 Å². The van der Waals surface area contributed by atoms with Crippen molar-refractivity contribution in [1.82, 2.24) is 10.2 Å². The number of carbonyl (C=O) groups excluding carboxylic acids is 1. The van der Waals surface area contributed by atoms with Crippen molar-refractivity contribution in [2.45, 2.75) is 33.1 Å². The number of rotatable bonds is 5. The molecule has 2 aromatic rings. The fourth-order valence-electron chi connectivity index (χ4n) is 1.69. The van der Waals surface area contributed by atoms with E-state index in [9.17, 15) is 4.79 Å². The molecule has 0 aliphatic carbocycles. The number of anilines is 1. The van der Waals surface area contributed by atoms with Gasteiger partial charge in [0.05, 0.1) is 0 Å². The van der Waals surface area contributed by atoms with Crippen LogP contribution in [0.5, 0.6) is 0 Å². The molecule has 0 aliphatic heterocycles. The summed E-state index contributed by atoms with van der Waals surface area (Å²) in [5.41, 5.74) is 1.71. The maximum atomic E-state index is 12.0. The number of hydrogen-bond acceptors (Lipinski definition) is 4. The van der Waals surface area contributed by atoms with Crippen LogP contribution in [-0.4, -0.2) is 16.1 Å². The zero-order chi connectivity index (χ0) is 13.7. The molecule has 1 aromatic carbocycles. The van der Waals surface area contributed by atoms with Gasteiger partial charge in [-0.15, -0.1) is 10.2 Å². The van der Waals surface area contributed by atoms with Crippen LogP contribution in [0.2, 0.25) is 0 Å².